The van der Waals surface area contributed by atoms with Gasteiger partial charge in [0.2, 0.25) is 5.91 Å². The highest BCUT2D eigenvalue weighted by Gasteiger charge is 2.27. The molecular weight excluding hydrogens is 452 g/mol. The molecule has 180 valence electrons. The van der Waals surface area contributed by atoms with Crippen LogP contribution in [-0.4, -0.2) is 37.3 Å². The van der Waals surface area contributed by atoms with Crippen molar-refractivity contribution in [1.82, 2.24) is 5.32 Å². The molecule has 1 amide bonds. The molecule has 0 bridgehead atoms. The number of fused-ring (bicyclic) bond motifs is 1. The highest BCUT2D eigenvalue weighted by molar-refractivity contribution is 6.61. The Labute approximate surface area is 202 Å². The van der Waals surface area contributed by atoms with Gasteiger partial charge < -0.3 is 29.3 Å². The average Bonchev–Trinajstić information content (AvgIpc) is 3.44. The summed E-state index contributed by atoms with van der Waals surface area (Å²) in [5, 5.41) is 22.3. The second kappa shape index (κ2) is 10.2. The Morgan fingerprint density at radius 1 is 1.11 bits per heavy atom. The smallest absolute Gasteiger partial charge is 0.496 e. The average molecular weight is 477 g/mol. The molecule has 7 nitrogen and oxygen atoms in total. The summed E-state index contributed by atoms with van der Waals surface area (Å²) >= 11 is 0. The number of nitrogens with one attached hydrogen (secondary N) is 1. The van der Waals surface area contributed by atoms with Gasteiger partial charge in [-0.3, -0.25) is 4.79 Å². The van der Waals surface area contributed by atoms with Crippen molar-refractivity contribution in [3.63, 3.8) is 0 Å². The van der Waals surface area contributed by atoms with E-state index in [9.17, 15) is 19.2 Å². The summed E-state index contributed by atoms with van der Waals surface area (Å²) in [6.45, 7) is 2.15. The Bertz CT molecular complexity index is 1290. The van der Waals surface area contributed by atoms with Crippen molar-refractivity contribution in [3.8, 4) is 11.5 Å². The van der Waals surface area contributed by atoms with Crippen molar-refractivity contribution in [2.45, 2.75) is 19.9 Å². The Morgan fingerprint density at radius 2 is 1.83 bits per heavy atom. The SMILES string of the molecule is COc1cc(C=C2C(C)=C(CC(=O)NCc3ccco3)c3cc(F)ccc32)cc(OC)c1B(O)O. The number of carbonyl (C=O) groups excluding carboxylic acids is 1. The van der Waals surface area contributed by atoms with E-state index in [1.807, 2.05) is 13.0 Å². The highest BCUT2D eigenvalue weighted by Crippen LogP contribution is 2.44. The second-order valence-electron chi connectivity index (χ2n) is 8.10. The molecule has 0 saturated heterocycles. The Balaban J connectivity index is 1.72. The zero-order valence-electron chi connectivity index (χ0n) is 19.6. The molecule has 2 aromatic carbocycles. The summed E-state index contributed by atoms with van der Waals surface area (Å²) in [6, 6.07) is 11.3. The quantitative estimate of drug-likeness (QED) is 0.431. The van der Waals surface area contributed by atoms with Gasteiger partial charge in [0, 0.05) is 0 Å². The first-order valence-electron chi connectivity index (χ1n) is 11.0. The lowest BCUT2D eigenvalue weighted by Crippen LogP contribution is -2.32. The van der Waals surface area contributed by atoms with Crippen molar-refractivity contribution in [1.29, 1.82) is 0 Å². The lowest BCUT2D eigenvalue weighted by Gasteiger charge is -2.14. The molecule has 0 spiro atoms. The lowest BCUT2D eigenvalue weighted by molar-refractivity contribution is -0.120. The van der Waals surface area contributed by atoms with E-state index < -0.39 is 12.9 Å². The van der Waals surface area contributed by atoms with Crippen LogP contribution in [0.5, 0.6) is 11.5 Å². The summed E-state index contributed by atoms with van der Waals surface area (Å²) in [6.07, 6.45) is 3.49. The summed E-state index contributed by atoms with van der Waals surface area (Å²) in [7, 11) is 1.08. The molecule has 0 unspecified atom stereocenters. The number of hydrogen-bond acceptors (Lipinski definition) is 6. The van der Waals surface area contributed by atoms with E-state index in [-0.39, 0.29) is 35.8 Å². The van der Waals surface area contributed by atoms with Gasteiger partial charge in [-0.2, -0.15) is 0 Å². The number of benzene rings is 2. The van der Waals surface area contributed by atoms with E-state index in [2.05, 4.69) is 5.32 Å². The van der Waals surface area contributed by atoms with E-state index >= 15 is 0 Å². The molecule has 35 heavy (non-hydrogen) atoms. The molecule has 1 aliphatic rings. The van der Waals surface area contributed by atoms with Crippen molar-refractivity contribution < 1.29 is 33.1 Å². The fraction of sp³-hybridized carbons (Fsp3) is 0.192. The summed E-state index contributed by atoms with van der Waals surface area (Å²) in [5.41, 5.74) is 4.62. The number of methoxy groups -OCH3 is 2. The molecule has 3 N–H and O–H groups in total. The van der Waals surface area contributed by atoms with Crippen LogP contribution in [0, 0.1) is 5.82 Å². The van der Waals surface area contributed by atoms with Gasteiger partial charge in [0.05, 0.1) is 38.9 Å². The molecule has 4 rings (SSSR count). The number of halogens is 1. The lowest BCUT2D eigenvalue weighted by atomic mass is 9.78. The largest absolute Gasteiger partial charge is 0.497 e. The molecule has 9 heteroatoms. The predicted octanol–water partition coefficient (Wildman–Crippen LogP) is 3.15. The van der Waals surface area contributed by atoms with Crippen LogP contribution in [0.1, 0.15) is 35.8 Å². The van der Waals surface area contributed by atoms with Crippen LogP contribution in [0.3, 0.4) is 0 Å². The first-order chi connectivity index (χ1) is 16.8. The molecule has 0 atom stereocenters. The molecule has 1 heterocycles. The van der Waals surface area contributed by atoms with Crippen molar-refractivity contribution >= 4 is 35.7 Å². The maximum Gasteiger partial charge on any atom is 0.496 e. The first kappa shape index (κ1) is 24.3. The number of rotatable bonds is 8. The van der Waals surface area contributed by atoms with E-state index in [4.69, 9.17) is 13.9 Å². The fourth-order valence-electron chi connectivity index (χ4n) is 4.27. The number of ether oxygens (including phenoxy) is 2. The van der Waals surface area contributed by atoms with Gasteiger partial charge in [0.25, 0.3) is 0 Å². The Morgan fingerprint density at radius 3 is 2.43 bits per heavy atom. The highest BCUT2D eigenvalue weighted by atomic mass is 19.1. The standard InChI is InChI=1S/C26H25BFNO6/c1-15-20(9-16-10-23(33-2)26(27(31)32)24(11-16)34-3)19-7-6-17(28)12-22(19)21(15)13-25(30)29-14-18-5-4-8-35-18/h4-12,31-32H,13-14H2,1-3H3,(H,29,30). The van der Waals surface area contributed by atoms with Gasteiger partial charge in [-0.1, -0.05) is 6.07 Å². The molecule has 1 aromatic heterocycles. The van der Waals surface area contributed by atoms with Crippen LogP contribution in [0.25, 0.3) is 17.2 Å². The van der Waals surface area contributed by atoms with Crippen LogP contribution < -0.4 is 20.3 Å². The summed E-state index contributed by atoms with van der Waals surface area (Å²) < 4.78 is 30.1. The summed E-state index contributed by atoms with van der Waals surface area (Å²) in [4.78, 5) is 12.7. The molecule has 0 saturated carbocycles. The topological polar surface area (TPSA) is 101 Å². The molecule has 3 aromatic rings. The van der Waals surface area contributed by atoms with Gasteiger partial charge in [-0.15, -0.1) is 0 Å². The van der Waals surface area contributed by atoms with Gasteiger partial charge in [-0.25, -0.2) is 4.39 Å². The maximum absolute atomic E-state index is 14.2. The first-order valence-corrected chi connectivity index (χ1v) is 11.0. The number of allylic oxidation sites excluding steroid dienone is 2. The zero-order chi connectivity index (χ0) is 25.1. The zero-order valence-corrected chi connectivity index (χ0v) is 19.6. The van der Waals surface area contributed by atoms with Crippen LogP contribution in [0.2, 0.25) is 0 Å². The fourth-order valence-corrected chi connectivity index (χ4v) is 4.27. The maximum atomic E-state index is 14.2. The van der Waals surface area contributed by atoms with E-state index in [1.54, 1.807) is 36.6 Å². The molecule has 0 fully saturated rings. The second-order valence-corrected chi connectivity index (χ2v) is 8.10. The Hall–Kier alpha value is -3.82. The number of furan rings is 1. The van der Waals surface area contributed by atoms with E-state index in [1.165, 1.54) is 26.4 Å². The minimum atomic E-state index is -1.77. The van der Waals surface area contributed by atoms with Gasteiger partial charge in [0.15, 0.2) is 0 Å². The third-order valence-corrected chi connectivity index (χ3v) is 5.97. The van der Waals surface area contributed by atoms with Gasteiger partial charge >= 0.3 is 7.12 Å². The summed E-state index contributed by atoms with van der Waals surface area (Å²) in [5.74, 6) is 0.542. The monoisotopic (exact) mass is 477 g/mol. The van der Waals surface area contributed by atoms with E-state index in [0.717, 1.165) is 22.3 Å². The third kappa shape index (κ3) is 5.01. The van der Waals surface area contributed by atoms with Gasteiger partial charge in [0.1, 0.15) is 23.1 Å². The van der Waals surface area contributed by atoms with E-state index in [0.29, 0.717) is 16.9 Å². The van der Waals surface area contributed by atoms with Crippen molar-refractivity contribution in [2.75, 3.05) is 14.2 Å². The van der Waals surface area contributed by atoms with Crippen LogP contribution >= 0.6 is 0 Å². The normalized spacial score (nSPS) is 13.7. The van der Waals surface area contributed by atoms with Crippen molar-refractivity contribution in [2.24, 2.45) is 0 Å². The van der Waals surface area contributed by atoms with Crippen LogP contribution in [-0.2, 0) is 11.3 Å². The van der Waals surface area contributed by atoms with Gasteiger partial charge in [-0.05, 0) is 82.8 Å². The predicted molar refractivity (Wildman–Crippen MR) is 131 cm³/mol. The van der Waals surface area contributed by atoms with Crippen LogP contribution in [0.15, 0.2) is 58.7 Å². The van der Waals surface area contributed by atoms with Crippen molar-refractivity contribution in [3.05, 3.63) is 82.6 Å². The molecule has 0 aliphatic heterocycles. The van der Waals surface area contributed by atoms with Crippen LogP contribution in [0.4, 0.5) is 4.39 Å². The minimum Gasteiger partial charge on any atom is -0.497 e. The molecule has 0 radical (unpaired) electrons. The number of amides is 1. The minimum absolute atomic E-state index is 0.0720. The number of carbonyl (C=O) groups is 1. The molecular formula is C26H25BFNO6. The Kier molecular flexibility index (Phi) is 7.09. The third-order valence-electron chi connectivity index (χ3n) is 5.97. The number of hydrogen-bond donors (Lipinski definition) is 3. The molecule has 1 aliphatic carbocycles.